The van der Waals surface area contributed by atoms with Crippen molar-refractivity contribution in [1.29, 1.82) is 0 Å². The summed E-state index contributed by atoms with van der Waals surface area (Å²) in [4.78, 5) is 15.5. The molecule has 0 fully saturated rings. The quantitative estimate of drug-likeness (QED) is 0.667. The maximum absolute atomic E-state index is 11.6. The molecule has 0 bridgehead atoms. The predicted octanol–water partition coefficient (Wildman–Crippen LogP) is 1.27. The summed E-state index contributed by atoms with van der Waals surface area (Å²) in [7, 11) is 0. The van der Waals surface area contributed by atoms with Crippen molar-refractivity contribution >= 4 is 17.4 Å². The molecule has 110 valence electrons. The van der Waals surface area contributed by atoms with Crippen LogP contribution >= 0.6 is 0 Å². The largest absolute Gasteiger partial charge is 0.484 e. The summed E-state index contributed by atoms with van der Waals surface area (Å²) < 4.78 is 5.34. The second-order valence-corrected chi connectivity index (χ2v) is 4.35. The highest BCUT2D eigenvalue weighted by molar-refractivity contribution is 5.77. The number of carbonyl (C=O) groups is 1. The fraction of sp³-hybridized carbons (Fsp3) is 0.200. The van der Waals surface area contributed by atoms with Gasteiger partial charge in [0, 0.05) is 13.1 Å². The van der Waals surface area contributed by atoms with E-state index in [9.17, 15) is 4.79 Å². The minimum atomic E-state index is -0.156. The Labute approximate surface area is 123 Å². The molecule has 0 saturated carbocycles. The van der Waals surface area contributed by atoms with E-state index in [1.807, 2.05) is 36.4 Å². The van der Waals surface area contributed by atoms with Crippen LogP contribution in [0, 0.1) is 0 Å². The summed E-state index contributed by atoms with van der Waals surface area (Å²) in [5, 5.41) is 5.89. The summed E-state index contributed by atoms with van der Waals surface area (Å²) in [6.07, 6.45) is 1.65. The molecule has 0 radical (unpaired) electrons. The Balaban J connectivity index is 1.60. The van der Waals surface area contributed by atoms with Crippen molar-refractivity contribution in [2.24, 2.45) is 0 Å². The minimum Gasteiger partial charge on any atom is -0.484 e. The van der Waals surface area contributed by atoms with Crippen LogP contribution in [-0.2, 0) is 4.79 Å². The van der Waals surface area contributed by atoms with Crippen molar-refractivity contribution in [3.63, 3.8) is 0 Å². The van der Waals surface area contributed by atoms with Crippen LogP contribution in [0.5, 0.6) is 5.75 Å². The number of benzene rings is 1. The molecule has 0 atom stereocenters. The highest BCUT2D eigenvalue weighted by Crippen LogP contribution is 2.07. The third kappa shape index (κ3) is 5.40. The maximum Gasteiger partial charge on any atom is 0.258 e. The first kappa shape index (κ1) is 14.6. The molecule has 1 heterocycles. The lowest BCUT2D eigenvalue weighted by molar-refractivity contribution is -0.123. The Bertz CT molecular complexity index is 558. The number of pyridine rings is 1. The molecule has 6 heteroatoms. The molecule has 1 amide bonds. The van der Waals surface area contributed by atoms with Crippen LogP contribution in [0.15, 0.2) is 48.7 Å². The van der Waals surface area contributed by atoms with E-state index < -0.39 is 0 Å². The molecule has 2 aromatic rings. The first-order valence-corrected chi connectivity index (χ1v) is 6.64. The highest BCUT2D eigenvalue weighted by atomic mass is 16.5. The van der Waals surface area contributed by atoms with E-state index >= 15 is 0 Å². The number of aromatic nitrogens is 1. The lowest BCUT2D eigenvalue weighted by Crippen LogP contribution is -2.32. The fourth-order valence-electron chi connectivity index (χ4n) is 1.64. The van der Waals surface area contributed by atoms with E-state index in [1.165, 1.54) is 0 Å². The molecule has 21 heavy (non-hydrogen) atoms. The molecule has 0 aliphatic carbocycles. The zero-order chi connectivity index (χ0) is 14.9. The number of anilines is 2. The Kier molecular flexibility index (Phi) is 5.40. The van der Waals surface area contributed by atoms with Gasteiger partial charge in [0.2, 0.25) is 0 Å². The van der Waals surface area contributed by atoms with Gasteiger partial charge in [0.05, 0.1) is 11.9 Å². The molecule has 1 aromatic carbocycles. The summed E-state index contributed by atoms with van der Waals surface area (Å²) in [5.41, 5.74) is 6.35. The van der Waals surface area contributed by atoms with Crippen LogP contribution in [0.3, 0.4) is 0 Å². The van der Waals surface area contributed by atoms with Gasteiger partial charge in [-0.05, 0) is 24.3 Å². The number of nitrogen functional groups attached to an aromatic ring is 1. The van der Waals surface area contributed by atoms with Crippen molar-refractivity contribution < 1.29 is 9.53 Å². The van der Waals surface area contributed by atoms with Crippen molar-refractivity contribution in [1.82, 2.24) is 10.3 Å². The molecule has 0 spiro atoms. The average Bonchev–Trinajstić information content (AvgIpc) is 2.52. The number of nitrogens with one attached hydrogen (secondary N) is 2. The number of amides is 1. The van der Waals surface area contributed by atoms with Crippen molar-refractivity contribution in [2.75, 3.05) is 30.7 Å². The van der Waals surface area contributed by atoms with Gasteiger partial charge < -0.3 is 21.1 Å². The molecular weight excluding hydrogens is 268 g/mol. The first-order chi connectivity index (χ1) is 10.2. The van der Waals surface area contributed by atoms with Crippen LogP contribution < -0.4 is 21.1 Å². The van der Waals surface area contributed by atoms with Gasteiger partial charge in [-0.3, -0.25) is 4.79 Å². The second kappa shape index (κ2) is 7.74. The number of rotatable bonds is 7. The van der Waals surface area contributed by atoms with E-state index in [4.69, 9.17) is 10.5 Å². The number of nitrogens with zero attached hydrogens (tertiary/aromatic N) is 1. The standard InChI is InChI=1S/C15H18N4O2/c16-14-7-6-12(10-19-14)17-8-9-18-15(20)11-21-13-4-2-1-3-5-13/h1-7,10,17H,8-9,11H2,(H2,16,19)(H,18,20). The monoisotopic (exact) mass is 286 g/mol. The first-order valence-electron chi connectivity index (χ1n) is 6.64. The molecule has 4 N–H and O–H groups in total. The third-order valence-corrected chi connectivity index (χ3v) is 2.68. The molecule has 6 nitrogen and oxygen atoms in total. The van der Waals surface area contributed by atoms with Gasteiger partial charge in [-0.1, -0.05) is 18.2 Å². The van der Waals surface area contributed by atoms with Crippen LogP contribution in [-0.4, -0.2) is 30.6 Å². The third-order valence-electron chi connectivity index (χ3n) is 2.68. The normalized spacial score (nSPS) is 9.90. The Hall–Kier alpha value is -2.76. The van der Waals surface area contributed by atoms with Gasteiger partial charge in [-0.15, -0.1) is 0 Å². The second-order valence-electron chi connectivity index (χ2n) is 4.35. The maximum atomic E-state index is 11.6. The van der Waals surface area contributed by atoms with E-state index in [2.05, 4.69) is 15.6 Å². The molecular formula is C15H18N4O2. The smallest absolute Gasteiger partial charge is 0.258 e. The van der Waals surface area contributed by atoms with Gasteiger partial charge in [-0.2, -0.15) is 0 Å². The minimum absolute atomic E-state index is 0.00738. The Morgan fingerprint density at radius 2 is 1.95 bits per heavy atom. The number of nitrogens with two attached hydrogens (primary N) is 1. The number of ether oxygens (including phenoxy) is 1. The van der Waals surface area contributed by atoms with Crippen molar-refractivity contribution in [3.8, 4) is 5.75 Å². The molecule has 1 aromatic heterocycles. The van der Waals surface area contributed by atoms with Crippen LogP contribution in [0.25, 0.3) is 0 Å². The zero-order valence-corrected chi connectivity index (χ0v) is 11.6. The Morgan fingerprint density at radius 3 is 2.67 bits per heavy atom. The number of hydrogen-bond acceptors (Lipinski definition) is 5. The van der Waals surface area contributed by atoms with Crippen LogP contribution in [0.4, 0.5) is 11.5 Å². The summed E-state index contributed by atoms with van der Waals surface area (Å²) in [5.74, 6) is 1.00. The van der Waals surface area contributed by atoms with E-state index in [-0.39, 0.29) is 12.5 Å². The zero-order valence-electron chi connectivity index (χ0n) is 11.6. The SMILES string of the molecule is Nc1ccc(NCCNC(=O)COc2ccccc2)cn1. The Morgan fingerprint density at radius 1 is 1.14 bits per heavy atom. The van der Waals surface area contributed by atoms with Crippen LogP contribution in [0.2, 0.25) is 0 Å². The fourth-order valence-corrected chi connectivity index (χ4v) is 1.64. The van der Waals surface area contributed by atoms with E-state index in [0.717, 1.165) is 5.69 Å². The van der Waals surface area contributed by atoms with E-state index in [1.54, 1.807) is 12.3 Å². The van der Waals surface area contributed by atoms with Crippen LogP contribution in [0.1, 0.15) is 0 Å². The van der Waals surface area contributed by atoms with Gasteiger partial charge >= 0.3 is 0 Å². The highest BCUT2D eigenvalue weighted by Gasteiger charge is 2.01. The molecule has 0 aliphatic rings. The molecule has 0 unspecified atom stereocenters. The molecule has 0 aliphatic heterocycles. The van der Waals surface area contributed by atoms with E-state index in [0.29, 0.717) is 24.7 Å². The topological polar surface area (TPSA) is 89.3 Å². The molecule has 0 saturated heterocycles. The number of hydrogen-bond donors (Lipinski definition) is 3. The lowest BCUT2D eigenvalue weighted by Gasteiger charge is -2.09. The summed E-state index contributed by atoms with van der Waals surface area (Å²) >= 11 is 0. The van der Waals surface area contributed by atoms with Gasteiger partial charge in [0.15, 0.2) is 6.61 Å². The summed E-state index contributed by atoms with van der Waals surface area (Å²) in [6, 6.07) is 12.8. The van der Waals surface area contributed by atoms with Crippen molar-refractivity contribution in [2.45, 2.75) is 0 Å². The number of para-hydroxylation sites is 1. The van der Waals surface area contributed by atoms with Gasteiger partial charge in [-0.25, -0.2) is 4.98 Å². The van der Waals surface area contributed by atoms with Gasteiger partial charge in [0.1, 0.15) is 11.6 Å². The summed E-state index contributed by atoms with van der Waals surface area (Å²) in [6.45, 7) is 1.11. The molecule has 2 rings (SSSR count). The number of carbonyl (C=O) groups excluding carboxylic acids is 1. The van der Waals surface area contributed by atoms with Crippen molar-refractivity contribution in [3.05, 3.63) is 48.7 Å². The average molecular weight is 286 g/mol. The lowest BCUT2D eigenvalue weighted by atomic mass is 10.3. The van der Waals surface area contributed by atoms with Gasteiger partial charge in [0.25, 0.3) is 5.91 Å². The predicted molar refractivity (Wildman–Crippen MR) is 82.1 cm³/mol.